The number of aliphatic hydroxyl groups excluding tert-OH is 2. The Labute approximate surface area is 207 Å². The summed E-state index contributed by atoms with van der Waals surface area (Å²) in [6, 6.07) is 7.79. The number of methoxy groups -OCH3 is 3. The number of rotatable bonds is 9. The molecule has 4 rings (SSSR count). The zero-order valence-corrected chi connectivity index (χ0v) is 21.1. The van der Waals surface area contributed by atoms with Crippen LogP contribution in [0.4, 0.5) is 0 Å². The summed E-state index contributed by atoms with van der Waals surface area (Å²) in [5.74, 6) is 0.803. The van der Waals surface area contributed by atoms with Gasteiger partial charge in [0.1, 0.15) is 29.7 Å². The van der Waals surface area contributed by atoms with Crippen molar-refractivity contribution in [3.05, 3.63) is 29.8 Å². The molecule has 9 heteroatoms. The van der Waals surface area contributed by atoms with E-state index in [0.29, 0.717) is 32.7 Å². The lowest BCUT2D eigenvalue weighted by Gasteiger charge is -2.55. The van der Waals surface area contributed by atoms with Gasteiger partial charge < -0.3 is 43.4 Å². The van der Waals surface area contributed by atoms with Gasteiger partial charge >= 0.3 is 0 Å². The molecule has 3 aliphatic heterocycles. The molecular weight excluding hydrogens is 456 g/mol. The molecule has 0 bridgehead atoms. The van der Waals surface area contributed by atoms with Crippen LogP contribution in [0, 0.1) is 0 Å². The maximum atomic E-state index is 11.1. The predicted molar refractivity (Wildman–Crippen MR) is 126 cm³/mol. The minimum Gasteiger partial charge on any atom is -0.497 e. The smallest absolute Gasteiger partial charge is 0.121 e. The van der Waals surface area contributed by atoms with Gasteiger partial charge in [0.2, 0.25) is 0 Å². The molecule has 0 aromatic heterocycles. The van der Waals surface area contributed by atoms with Crippen molar-refractivity contribution in [2.24, 2.45) is 0 Å². The summed E-state index contributed by atoms with van der Waals surface area (Å²) in [6.07, 6.45) is -1.54. The fourth-order valence-corrected chi connectivity index (χ4v) is 5.48. The summed E-state index contributed by atoms with van der Waals surface area (Å²) in [5, 5.41) is 22.1. The fourth-order valence-electron chi connectivity index (χ4n) is 5.48. The first-order valence-corrected chi connectivity index (χ1v) is 12.5. The molecule has 9 atom stereocenters. The van der Waals surface area contributed by atoms with Gasteiger partial charge in [0.15, 0.2) is 0 Å². The Hall–Kier alpha value is -1.30. The van der Waals surface area contributed by atoms with Crippen LogP contribution in [-0.2, 0) is 35.0 Å². The number of hydrogen-bond acceptors (Lipinski definition) is 9. The van der Waals surface area contributed by atoms with Crippen LogP contribution in [0.5, 0.6) is 5.75 Å². The molecule has 198 valence electrons. The van der Waals surface area contributed by atoms with Gasteiger partial charge in [0.25, 0.3) is 0 Å². The van der Waals surface area contributed by atoms with E-state index in [9.17, 15) is 10.2 Å². The predicted octanol–water partition coefficient (Wildman–Crippen LogP) is 1.85. The van der Waals surface area contributed by atoms with E-state index in [4.69, 9.17) is 33.2 Å². The van der Waals surface area contributed by atoms with Gasteiger partial charge in [-0.2, -0.15) is 0 Å². The summed E-state index contributed by atoms with van der Waals surface area (Å²) in [7, 11) is 4.87. The van der Waals surface area contributed by atoms with Gasteiger partial charge in [-0.15, -0.1) is 0 Å². The molecule has 35 heavy (non-hydrogen) atoms. The monoisotopic (exact) mass is 496 g/mol. The molecule has 3 saturated heterocycles. The van der Waals surface area contributed by atoms with Crippen LogP contribution in [0.1, 0.15) is 38.2 Å². The van der Waals surface area contributed by atoms with Crippen molar-refractivity contribution in [3.63, 3.8) is 0 Å². The van der Waals surface area contributed by atoms with Crippen molar-refractivity contribution in [2.75, 3.05) is 34.5 Å². The van der Waals surface area contributed by atoms with Crippen LogP contribution in [0.25, 0.3) is 0 Å². The molecule has 0 radical (unpaired) electrons. The molecule has 0 unspecified atom stereocenters. The second kappa shape index (κ2) is 11.8. The Bertz CT molecular complexity index is 790. The van der Waals surface area contributed by atoms with Gasteiger partial charge in [-0.1, -0.05) is 12.1 Å². The van der Waals surface area contributed by atoms with Crippen molar-refractivity contribution in [1.29, 1.82) is 0 Å². The van der Waals surface area contributed by atoms with Crippen molar-refractivity contribution in [1.82, 2.24) is 0 Å². The second-order valence-corrected chi connectivity index (χ2v) is 9.89. The molecular formula is C26H40O9. The SMILES string of the molecule is COC[C@H]1O[C@@]2(C)[C@H](O)[C@@H](O)[C@H](C[C@H]3OCCC[C@@H]3OCc3ccc(OC)cc3)O[C@@H]2C[C@@H]1OC. The molecule has 9 nitrogen and oxygen atoms in total. The van der Waals surface area contributed by atoms with E-state index in [1.165, 1.54) is 0 Å². The Kier molecular flexibility index (Phi) is 9.04. The molecule has 0 amide bonds. The number of hydrogen-bond donors (Lipinski definition) is 2. The minimum absolute atomic E-state index is 0.132. The fraction of sp³-hybridized carbons (Fsp3) is 0.769. The maximum absolute atomic E-state index is 11.1. The zero-order chi connectivity index (χ0) is 25.0. The topological polar surface area (TPSA) is 105 Å². The van der Waals surface area contributed by atoms with Crippen molar-refractivity contribution in [3.8, 4) is 5.75 Å². The molecule has 0 aliphatic carbocycles. The highest BCUT2D eigenvalue weighted by atomic mass is 16.6. The van der Waals surface area contributed by atoms with Gasteiger partial charge in [-0.3, -0.25) is 0 Å². The van der Waals surface area contributed by atoms with Gasteiger partial charge in [0, 0.05) is 33.7 Å². The van der Waals surface area contributed by atoms with Gasteiger partial charge in [-0.25, -0.2) is 0 Å². The number of benzene rings is 1. The van der Waals surface area contributed by atoms with Gasteiger partial charge in [0.05, 0.1) is 50.8 Å². The number of fused-ring (bicyclic) bond motifs is 1. The van der Waals surface area contributed by atoms with E-state index in [-0.39, 0.29) is 24.4 Å². The van der Waals surface area contributed by atoms with Crippen molar-refractivity contribution < 1.29 is 43.4 Å². The van der Waals surface area contributed by atoms with Crippen LogP contribution in [0.15, 0.2) is 24.3 Å². The molecule has 3 fully saturated rings. The van der Waals surface area contributed by atoms with E-state index in [2.05, 4.69) is 0 Å². The molecule has 0 saturated carbocycles. The third-order valence-corrected chi connectivity index (χ3v) is 7.64. The second-order valence-electron chi connectivity index (χ2n) is 9.89. The lowest BCUT2D eigenvalue weighted by molar-refractivity contribution is -0.331. The largest absolute Gasteiger partial charge is 0.497 e. The first-order valence-electron chi connectivity index (χ1n) is 12.5. The highest BCUT2D eigenvalue weighted by Crippen LogP contribution is 2.42. The van der Waals surface area contributed by atoms with Crippen LogP contribution in [0.3, 0.4) is 0 Å². The van der Waals surface area contributed by atoms with E-state index in [1.807, 2.05) is 24.3 Å². The highest BCUT2D eigenvalue weighted by molar-refractivity contribution is 5.26. The summed E-state index contributed by atoms with van der Waals surface area (Å²) in [6.45, 7) is 3.20. The lowest BCUT2D eigenvalue weighted by Crippen LogP contribution is -2.70. The van der Waals surface area contributed by atoms with E-state index in [1.54, 1.807) is 28.3 Å². The molecule has 3 heterocycles. The first-order chi connectivity index (χ1) is 16.9. The number of ether oxygens (including phenoxy) is 7. The Morgan fingerprint density at radius 1 is 1.03 bits per heavy atom. The first kappa shape index (κ1) is 26.8. The normalized spacial score (nSPS) is 39.7. The van der Waals surface area contributed by atoms with E-state index >= 15 is 0 Å². The molecule has 0 spiro atoms. The molecule has 1 aromatic carbocycles. The maximum Gasteiger partial charge on any atom is 0.121 e. The Morgan fingerprint density at radius 2 is 1.80 bits per heavy atom. The summed E-state index contributed by atoms with van der Waals surface area (Å²) >= 11 is 0. The summed E-state index contributed by atoms with van der Waals surface area (Å²) in [5.41, 5.74) is -0.0166. The zero-order valence-electron chi connectivity index (χ0n) is 21.1. The van der Waals surface area contributed by atoms with Crippen molar-refractivity contribution in [2.45, 2.75) is 93.6 Å². The van der Waals surface area contributed by atoms with Crippen LogP contribution >= 0.6 is 0 Å². The average molecular weight is 497 g/mol. The number of aliphatic hydroxyl groups is 2. The van der Waals surface area contributed by atoms with E-state index < -0.39 is 30.0 Å². The third kappa shape index (κ3) is 5.83. The van der Waals surface area contributed by atoms with Gasteiger partial charge in [-0.05, 0) is 37.5 Å². The Balaban J connectivity index is 1.40. The average Bonchev–Trinajstić information content (AvgIpc) is 2.88. The Morgan fingerprint density at radius 3 is 2.49 bits per heavy atom. The van der Waals surface area contributed by atoms with Crippen LogP contribution in [-0.4, -0.2) is 99.2 Å². The molecule has 3 aliphatic rings. The van der Waals surface area contributed by atoms with E-state index in [0.717, 1.165) is 24.2 Å². The summed E-state index contributed by atoms with van der Waals surface area (Å²) < 4.78 is 41.0. The minimum atomic E-state index is -1.12. The summed E-state index contributed by atoms with van der Waals surface area (Å²) in [4.78, 5) is 0. The van der Waals surface area contributed by atoms with Crippen molar-refractivity contribution >= 4 is 0 Å². The molecule has 2 N–H and O–H groups in total. The third-order valence-electron chi connectivity index (χ3n) is 7.64. The lowest BCUT2D eigenvalue weighted by atomic mass is 9.77. The quantitative estimate of drug-likeness (QED) is 0.530. The molecule has 1 aromatic rings. The standard InChI is InChI=1S/C26H40O9/c1-26-23(13-19(31-4)22(35-26)15-29-2)34-21(24(27)25(26)28)12-20-18(6-5-11-32-20)33-14-16-7-9-17(30-3)10-8-16/h7-10,18-25,27-28H,5-6,11-15H2,1-4H3/t18-,19-,20+,21-,22+,23+,24-,25+,26+/m0/s1. The highest BCUT2D eigenvalue weighted by Gasteiger charge is 2.58. The van der Waals surface area contributed by atoms with Crippen LogP contribution in [0.2, 0.25) is 0 Å². The van der Waals surface area contributed by atoms with Crippen LogP contribution < -0.4 is 4.74 Å².